The molecule has 0 N–H and O–H groups in total. The quantitative estimate of drug-likeness (QED) is 0.639. The van der Waals surface area contributed by atoms with Crippen molar-refractivity contribution >= 4 is 21.7 Å². The lowest BCUT2D eigenvalue weighted by Gasteiger charge is -2.17. The van der Waals surface area contributed by atoms with Crippen LogP contribution in [0.2, 0.25) is 0 Å². The van der Waals surface area contributed by atoms with E-state index in [1.165, 1.54) is 40.7 Å². The Balaban J connectivity index is 1.82. The number of nitrogens with zero attached hydrogens (tertiary/aromatic N) is 1. The van der Waals surface area contributed by atoms with Crippen molar-refractivity contribution in [2.24, 2.45) is 0 Å². The fourth-order valence-corrected chi connectivity index (χ4v) is 3.94. The maximum absolute atomic E-state index is 12.8. The minimum Gasteiger partial charge on any atom is -0.423 e. The summed E-state index contributed by atoms with van der Waals surface area (Å²) in [5.74, 6) is -0.728. The summed E-state index contributed by atoms with van der Waals surface area (Å²) in [4.78, 5) is 12.1. The Hall–Kier alpha value is -2.41. The van der Waals surface area contributed by atoms with E-state index in [2.05, 4.69) is 0 Å². The van der Waals surface area contributed by atoms with Gasteiger partial charge in [-0.2, -0.15) is 0 Å². The Morgan fingerprint density at radius 3 is 2.52 bits per heavy atom. The average Bonchev–Trinajstić information content (AvgIpc) is 2.89. The molecule has 1 aliphatic rings. The van der Waals surface area contributed by atoms with Crippen LogP contribution < -0.4 is 9.04 Å². The highest BCUT2D eigenvalue weighted by Gasteiger charge is 2.28. The fraction of sp³-hybridized carbons (Fsp3) is 0.188. The van der Waals surface area contributed by atoms with Crippen LogP contribution in [0, 0.1) is 5.82 Å². The van der Waals surface area contributed by atoms with E-state index in [1.54, 1.807) is 12.1 Å². The molecule has 5 nitrogen and oxygen atoms in total. The summed E-state index contributed by atoms with van der Waals surface area (Å²) >= 11 is 0. The highest BCUT2D eigenvalue weighted by molar-refractivity contribution is 7.93. The number of hydrogen-bond donors (Lipinski definition) is 0. The summed E-state index contributed by atoms with van der Waals surface area (Å²) in [7, 11) is -3.31. The number of anilines is 1. The molecule has 3 rings (SSSR count). The van der Waals surface area contributed by atoms with Crippen LogP contribution in [0.15, 0.2) is 48.5 Å². The van der Waals surface area contributed by atoms with Crippen LogP contribution in [0.25, 0.3) is 0 Å². The zero-order valence-electron chi connectivity index (χ0n) is 12.1. The molecule has 0 atom stereocenters. The van der Waals surface area contributed by atoms with Crippen LogP contribution in [-0.2, 0) is 10.0 Å². The molecule has 2 aromatic rings. The van der Waals surface area contributed by atoms with Crippen LogP contribution in [0.4, 0.5) is 10.1 Å². The molecule has 1 saturated heterocycles. The lowest BCUT2D eigenvalue weighted by molar-refractivity contribution is 0.0734. The zero-order chi connectivity index (χ0) is 16.4. The van der Waals surface area contributed by atoms with Crippen LogP contribution in [0.3, 0.4) is 0 Å². The van der Waals surface area contributed by atoms with E-state index >= 15 is 0 Å². The predicted molar refractivity (Wildman–Crippen MR) is 83.6 cm³/mol. The lowest BCUT2D eigenvalue weighted by Crippen LogP contribution is -2.25. The Labute approximate surface area is 133 Å². The molecule has 1 heterocycles. The molecular formula is C16H14FNO4S. The molecule has 2 aromatic carbocycles. The number of carbonyl (C=O) groups excluding carboxylic acids is 1. The maximum atomic E-state index is 12.8. The number of benzene rings is 2. The average molecular weight is 335 g/mol. The molecule has 0 amide bonds. The van der Waals surface area contributed by atoms with Gasteiger partial charge in [-0.1, -0.05) is 6.07 Å². The number of halogens is 1. The number of ether oxygens (including phenoxy) is 1. The summed E-state index contributed by atoms with van der Waals surface area (Å²) in [5.41, 5.74) is 0.671. The molecule has 1 aliphatic heterocycles. The van der Waals surface area contributed by atoms with Gasteiger partial charge in [-0.05, 0) is 48.9 Å². The molecule has 0 aromatic heterocycles. The van der Waals surface area contributed by atoms with Crippen molar-refractivity contribution in [3.05, 3.63) is 59.9 Å². The Bertz CT molecular complexity index is 833. The van der Waals surface area contributed by atoms with Gasteiger partial charge in [0.05, 0.1) is 17.0 Å². The van der Waals surface area contributed by atoms with Gasteiger partial charge in [0.2, 0.25) is 10.0 Å². The second-order valence-electron chi connectivity index (χ2n) is 5.14. The molecule has 7 heteroatoms. The van der Waals surface area contributed by atoms with Gasteiger partial charge in [0.15, 0.2) is 0 Å². The van der Waals surface area contributed by atoms with E-state index in [1.807, 2.05) is 0 Å². The first-order chi connectivity index (χ1) is 11.0. The summed E-state index contributed by atoms with van der Waals surface area (Å²) in [6.07, 6.45) is 0.562. The zero-order valence-corrected chi connectivity index (χ0v) is 12.9. The third-order valence-corrected chi connectivity index (χ3v) is 5.36. The van der Waals surface area contributed by atoms with Gasteiger partial charge >= 0.3 is 5.97 Å². The van der Waals surface area contributed by atoms with Crippen molar-refractivity contribution in [2.75, 3.05) is 16.6 Å². The first-order valence-electron chi connectivity index (χ1n) is 7.04. The van der Waals surface area contributed by atoms with Crippen molar-refractivity contribution < 1.29 is 22.3 Å². The van der Waals surface area contributed by atoms with Gasteiger partial charge < -0.3 is 4.74 Å². The molecule has 0 radical (unpaired) electrons. The Kier molecular flexibility index (Phi) is 4.04. The van der Waals surface area contributed by atoms with Gasteiger partial charge in [0.25, 0.3) is 0 Å². The second-order valence-corrected chi connectivity index (χ2v) is 7.15. The largest absolute Gasteiger partial charge is 0.423 e. The minimum absolute atomic E-state index is 0.108. The van der Waals surface area contributed by atoms with Gasteiger partial charge in [-0.3, -0.25) is 4.31 Å². The third-order valence-electron chi connectivity index (χ3n) is 3.49. The van der Waals surface area contributed by atoms with E-state index in [0.717, 1.165) is 0 Å². The summed E-state index contributed by atoms with van der Waals surface area (Å²) in [6.45, 7) is 0.402. The van der Waals surface area contributed by atoms with Crippen LogP contribution in [0.1, 0.15) is 16.8 Å². The highest BCUT2D eigenvalue weighted by Crippen LogP contribution is 2.25. The standard InChI is InChI=1S/C16H14FNO4S/c17-13-5-7-15(8-6-13)22-16(19)12-3-1-4-14(11-12)18-9-2-10-23(18,20)21/h1,3-8,11H,2,9-10H2. The molecule has 1 fully saturated rings. The predicted octanol–water partition coefficient (Wildman–Crippen LogP) is 2.58. The highest BCUT2D eigenvalue weighted by atomic mass is 32.2. The summed E-state index contributed by atoms with van der Waals surface area (Å²) < 4.78 is 43.2. The van der Waals surface area contributed by atoms with Crippen molar-refractivity contribution in [3.63, 3.8) is 0 Å². The molecule has 0 saturated carbocycles. The lowest BCUT2D eigenvalue weighted by atomic mass is 10.2. The second kappa shape index (κ2) is 6.00. The number of esters is 1. The minimum atomic E-state index is -3.31. The van der Waals surface area contributed by atoms with E-state index in [4.69, 9.17) is 4.74 Å². The smallest absolute Gasteiger partial charge is 0.343 e. The van der Waals surface area contributed by atoms with Crippen molar-refractivity contribution in [3.8, 4) is 5.75 Å². The van der Waals surface area contributed by atoms with E-state index < -0.39 is 21.8 Å². The van der Waals surface area contributed by atoms with Gasteiger partial charge in [0, 0.05) is 6.54 Å². The first kappa shape index (κ1) is 15.5. The van der Waals surface area contributed by atoms with Crippen molar-refractivity contribution in [2.45, 2.75) is 6.42 Å². The van der Waals surface area contributed by atoms with Gasteiger partial charge in [-0.15, -0.1) is 0 Å². The molecule has 23 heavy (non-hydrogen) atoms. The summed E-state index contributed by atoms with van der Waals surface area (Å²) in [5, 5.41) is 0. The van der Waals surface area contributed by atoms with Gasteiger partial charge in [-0.25, -0.2) is 17.6 Å². The molecule has 0 aliphatic carbocycles. The maximum Gasteiger partial charge on any atom is 0.343 e. The Morgan fingerprint density at radius 2 is 1.87 bits per heavy atom. The number of hydrogen-bond acceptors (Lipinski definition) is 4. The molecule has 120 valence electrons. The number of rotatable bonds is 3. The first-order valence-corrected chi connectivity index (χ1v) is 8.65. The molecular weight excluding hydrogens is 321 g/mol. The Morgan fingerprint density at radius 1 is 1.13 bits per heavy atom. The molecule has 0 spiro atoms. The van der Waals surface area contributed by atoms with Crippen molar-refractivity contribution in [1.29, 1.82) is 0 Å². The normalized spacial score (nSPS) is 16.3. The SMILES string of the molecule is O=C(Oc1ccc(F)cc1)c1cccc(N2CCCS2(=O)=O)c1. The van der Waals surface area contributed by atoms with E-state index in [9.17, 15) is 17.6 Å². The summed E-state index contributed by atoms with van der Waals surface area (Å²) in [6, 6.07) is 11.3. The van der Waals surface area contributed by atoms with Crippen LogP contribution in [-0.4, -0.2) is 26.7 Å². The van der Waals surface area contributed by atoms with Gasteiger partial charge in [0.1, 0.15) is 11.6 Å². The molecule has 0 bridgehead atoms. The monoisotopic (exact) mass is 335 g/mol. The molecule has 0 unspecified atom stereocenters. The van der Waals surface area contributed by atoms with Crippen molar-refractivity contribution in [1.82, 2.24) is 0 Å². The number of carbonyl (C=O) groups is 1. The topological polar surface area (TPSA) is 63.7 Å². The fourth-order valence-electron chi connectivity index (χ4n) is 2.39. The number of sulfonamides is 1. The van der Waals surface area contributed by atoms with E-state index in [-0.39, 0.29) is 17.1 Å². The van der Waals surface area contributed by atoms with Crippen LogP contribution in [0.5, 0.6) is 5.75 Å². The third kappa shape index (κ3) is 3.34. The van der Waals surface area contributed by atoms with Crippen LogP contribution >= 0.6 is 0 Å². The van der Waals surface area contributed by atoms with E-state index in [0.29, 0.717) is 18.7 Å².